The largest absolute Gasteiger partial charge is 0.497 e. The number of allylic oxidation sites excluding steroid dienone is 4. The molecule has 1 aromatic rings. The number of carbonyl (C=O) groups is 1. The monoisotopic (exact) mass is 298 g/mol. The van der Waals surface area contributed by atoms with E-state index in [1.807, 2.05) is 12.1 Å². The van der Waals surface area contributed by atoms with E-state index >= 15 is 0 Å². The highest BCUT2D eigenvalue weighted by Gasteiger charge is 2.26. The van der Waals surface area contributed by atoms with E-state index in [2.05, 4.69) is 39.8 Å². The summed E-state index contributed by atoms with van der Waals surface area (Å²) in [6.07, 6.45) is 2.15. The highest BCUT2D eigenvalue weighted by molar-refractivity contribution is 5.84. The molecule has 2 rings (SSSR count). The van der Waals surface area contributed by atoms with Gasteiger partial charge in [-0.15, -0.1) is 0 Å². The van der Waals surface area contributed by atoms with Crippen LogP contribution in [-0.4, -0.2) is 12.9 Å². The normalized spacial score (nSPS) is 19.0. The lowest BCUT2D eigenvalue weighted by Crippen LogP contribution is -2.04. The third-order valence-corrected chi connectivity index (χ3v) is 4.46. The first-order valence-corrected chi connectivity index (χ1v) is 7.91. The Morgan fingerprint density at radius 3 is 2.05 bits per heavy atom. The molecular formula is C20H26O2. The Hall–Kier alpha value is -1.83. The molecule has 0 N–H and O–H groups in total. The van der Waals surface area contributed by atoms with Crippen LogP contribution in [0.25, 0.3) is 0 Å². The molecule has 0 bridgehead atoms. The number of carbonyl (C=O) groups excluding carboxylic acids is 1. The van der Waals surface area contributed by atoms with Crippen LogP contribution in [0.15, 0.2) is 46.6 Å². The van der Waals surface area contributed by atoms with Crippen LogP contribution in [0.5, 0.6) is 5.75 Å². The Bertz CT molecular complexity index is 610. The fourth-order valence-electron chi connectivity index (χ4n) is 3.19. The molecule has 0 aromatic heterocycles. The summed E-state index contributed by atoms with van der Waals surface area (Å²) < 4.78 is 5.23. The van der Waals surface area contributed by atoms with Crippen molar-refractivity contribution in [1.29, 1.82) is 0 Å². The number of ether oxygens (including phenoxy) is 1. The number of Topliss-reactive ketones (excluding diaryl/α,β-unsaturated/α-hetero) is 1. The second kappa shape index (κ2) is 6.95. The van der Waals surface area contributed by atoms with Gasteiger partial charge in [-0.3, -0.25) is 4.79 Å². The van der Waals surface area contributed by atoms with Gasteiger partial charge in [0, 0.05) is 12.8 Å². The van der Waals surface area contributed by atoms with Gasteiger partial charge in [0.25, 0.3) is 0 Å². The van der Waals surface area contributed by atoms with E-state index in [-0.39, 0.29) is 5.92 Å². The van der Waals surface area contributed by atoms with E-state index in [9.17, 15) is 4.79 Å². The molecule has 118 valence electrons. The molecule has 0 saturated heterocycles. The van der Waals surface area contributed by atoms with Crippen LogP contribution in [0, 0.1) is 0 Å². The third-order valence-electron chi connectivity index (χ3n) is 4.46. The first kappa shape index (κ1) is 16.5. The van der Waals surface area contributed by atoms with Crippen LogP contribution in [0.4, 0.5) is 0 Å². The van der Waals surface area contributed by atoms with E-state index in [0.29, 0.717) is 18.6 Å². The number of rotatable bonds is 2. The highest BCUT2D eigenvalue weighted by atomic mass is 16.5. The fourth-order valence-corrected chi connectivity index (χ4v) is 3.19. The van der Waals surface area contributed by atoms with Crippen LogP contribution in [0.3, 0.4) is 0 Å². The van der Waals surface area contributed by atoms with Crippen LogP contribution >= 0.6 is 0 Å². The van der Waals surface area contributed by atoms with Gasteiger partial charge in [0.15, 0.2) is 0 Å². The van der Waals surface area contributed by atoms with E-state index in [4.69, 9.17) is 4.74 Å². The van der Waals surface area contributed by atoms with Gasteiger partial charge in [0.1, 0.15) is 11.5 Å². The molecule has 0 heterocycles. The maximum absolute atomic E-state index is 12.4. The number of methoxy groups -OCH3 is 1. The summed E-state index contributed by atoms with van der Waals surface area (Å²) in [5, 5.41) is 0. The molecule has 0 aliphatic heterocycles. The van der Waals surface area contributed by atoms with E-state index < -0.39 is 0 Å². The molecule has 1 aliphatic rings. The average Bonchev–Trinajstić information content (AvgIpc) is 2.66. The van der Waals surface area contributed by atoms with Gasteiger partial charge in [-0.1, -0.05) is 23.3 Å². The molecule has 0 radical (unpaired) electrons. The summed E-state index contributed by atoms with van der Waals surface area (Å²) in [5.74, 6) is 1.46. The molecule has 0 spiro atoms. The number of ketones is 1. The minimum Gasteiger partial charge on any atom is -0.497 e. The summed E-state index contributed by atoms with van der Waals surface area (Å²) >= 11 is 0. The average molecular weight is 298 g/mol. The topological polar surface area (TPSA) is 26.3 Å². The molecule has 2 nitrogen and oxygen atoms in total. The number of hydrogen-bond donors (Lipinski definition) is 0. The molecule has 1 aliphatic carbocycles. The summed E-state index contributed by atoms with van der Waals surface area (Å²) in [7, 11) is 1.67. The van der Waals surface area contributed by atoms with Crippen molar-refractivity contribution in [1.82, 2.24) is 0 Å². The molecule has 1 aromatic carbocycles. The lowest BCUT2D eigenvalue weighted by Gasteiger charge is -2.18. The molecule has 1 saturated carbocycles. The maximum atomic E-state index is 12.4. The first-order chi connectivity index (χ1) is 10.4. The lowest BCUT2D eigenvalue weighted by atomic mass is 9.87. The number of benzene rings is 1. The van der Waals surface area contributed by atoms with Crippen molar-refractivity contribution >= 4 is 5.78 Å². The van der Waals surface area contributed by atoms with Gasteiger partial charge in [0.2, 0.25) is 0 Å². The van der Waals surface area contributed by atoms with E-state index in [1.165, 1.54) is 27.9 Å². The molecular weight excluding hydrogens is 272 g/mol. The first-order valence-electron chi connectivity index (χ1n) is 7.91. The van der Waals surface area contributed by atoms with E-state index in [1.54, 1.807) is 7.11 Å². The zero-order valence-electron chi connectivity index (χ0n) is 14.3. The second-order valence-corrected chi connectivity index (χ2v) is 6.55. The predicted molar refractivity (Wildman–Crippen MR) is 91.3 cm³/mol. The van der Waals surface area contributed by atoms with Gasteiger partial charge >= 0.3 is 0 Å². The Kier molecular flexibility index (Phi) is 5.23. The van der Waals surface area contributed by atoms with E-state index in [0.717, 1.165) is 12.2 Å². The van der Waals surface area contributed by atoms with Crippen LogP contribution < -0.4 is 4.74 Å². The minimum absolute atomic E-state index is 0.264. The summed E-state index contributed by atoms with van der Waals surface area (Å²) in [4.78, 5) is 12.4. The van der Waals surface area contributed by atoms with Crippen molar-refractivity contribution in [3.63, 3.8) is 0 Å². The minimum atomic E-state index is 0.264. The number of hydrogen-bond acceptors (Lipinski definition) is 2. The van der Waals surface area contributed by atoms with Crippen molar-refractivity contribution in [2.45, 2.75) is 52.9 Å². The highest BCUT2D eigenvalue weighted by Crippen LogP contribution is 2.38. The fraction of sp³-hybridized carbons (Fsp3) is 0.450. The summed E-state index contributed by atoms with van der Waals surface area (Å²) in [5.41, 5.74) is 6.43. The molecule has 1 fully saturated rings. The van der Waals surface area contributed by atoms with Crippen molar-refractivity contribution in [2.24, 2.45) is 0 Å². The predicted octanol–water partition coefficient (Wildman–Crippen LogP) is 5.20. The lowest BCUT2D eigenvalue weighted by molar-refractivity contribution is -0.118. The van der Waals surface area contributed by atoms with Gasteiger partial charge in [0.05, 0.1) is 7.11 Å². The third kappa shape index (κ3) is 3.68. The standard InChI is InChI=1S/C20H26O2/c1-13(2)19-11-16(10-17(21)12-20(19)14(3)4)15-6-8-18(22-5)9-7-15/h6-9,16H,10-12H2,1-5H3/t16-/m1/s1. The van der Waals surface area contributed by atoms with Gasteiger partial charge in [-0.2, -0.15) is 0 Å². The van der Waals surface area contributed by atoms with Crippen molar-refractivity contribution in [3.05, 3.63) is 52.1 Å². The molecule has 0 amide bonds. The van der Waals surface area contributed by atoms with Gasteiger partial charge < -0.3 is 4.74 Å². The second-order valence-electron chi connectivity index (χ2n) is 6.55. The Labute approximate surface area is 133 Å². The Morgan fingerprint density at radius 1 is 0.955 bits per heavy atom. The Morgan fingerprint density at radius 2 is 1.55 bits per heavy atom. The van der Waals surface area contributed by atoms with Crippen molar-refractivity contribution < 1.29 is 9.53 Å². The Balaban J connectivity index is 2.39. The van der Waals surface area contributed by atoms with Crippen LogP contribution in [0.2, 0.25) is 0 Å². The molecule has 2 heteroatoms. The SMILES string of the molecule is COc1ccc([C@@H]2CC(=O)CC(=C(C)C)C(=C(C)C)C2)cc1. The van der Waals surface area contributed by atoms with Crippen LogP contribution in [0.1, 0.15) is 58.4 Å². The quantitative estimate of drug-likeness (QED) is 0.701. The molecule has 22 heavy (non-hydrogen) atoms. The maximum Gasteiger partial charge on any atom is 0.137 e. The zero-order valence-corrected chi connectivity index (χ0v) is 14.3. The van der Waals surface area contributed by atoms with Crippen molar-refractivity contribution in [3.8, 4) is 5.75 Å². The van der Waals surface area contributed by atoms with Crippen molar-refractivity contribution in [2.75, 3.05) is 7.11 Å². The summed E-state index contributed by atoms with van der Waals surface area (Å²) in [6, 6.07) is 8.14. The van der Waals surface area contributed by atoms with Crippen LogP contribution in [-0.2, 0) is 4.79 Å². The smallest absolute Gasteiger partial charge is 0.137 e. The van der Waals surface area contributed by atoms with Gasteiger partial charge in [-0.05, 0) is 68.9 Å². The molecule has 0 unspecified atom stereocenters. The van der Waals surface area contributed by atoms with Gasteiger partial charge in [-0.25, -0.2) is 0 Å². The zero-order chi connectivity index (χ0) is 16.3. The molecule has 1 atom stereocenters. The summed E-state index contributed by atoms with van der Waals surface area (Å²) in [6.45, 7) is 8.52.